The Balaban J connectivity index is 1.36. The van der Waals surface area contributed by atoms with Crippen LogP contribution in [0.5, 0.6) is 5.75 Å². The molecule has 0 radical (unpaired) electrons. The fraction of sp³-hybridized carbons (Fsp3) is 0.300. The SMILES string of the molecule is COc1ccc(-n2c(=O)c(CCC(=O)N(C)Cc3ccccc3N3CCCC3)nc3ccccc32)cc1. The van der Waals surface area contributed by atoms with Crippen molar-refractivity contribution >= 4 is 22.6 Å². The van der Waals surface area contributed by atoms with Crippen molar-refractivity contribution in [3.8, 4) is 11.4 Å². The first-order valence-electron chi connectivity index (χ1n) is 12.8. The van der Waals surface area contributed by atoms with Crippen LogP contribution in [0.2, 0.25) is 0 Å². The molecule has 5 rings (SSSR count). The van der Waals surface area contributed by atoms with Crippen LogP contribution in [0.1, 0.15) is 30.5 Å². The summed E-state index contributed by atoms with van der Waals surface area (Å²) in [7, 11) is 3.44. The van der Waals surface area contributed by atoms with E-state index in [0.717, 1.165) is 35.6 Å². The number of methoxy groups -OCH3 is 1. The summed E-state index contributed by atoms with van der Waals surface area (Å²) in [5.74, 6) is 0.705. The molecular weight excluding hydrogens is 464 g/mol. The number of carbonyl (C=O) groups excluding carboxylic acids is 1. The summed E-state index contributed by atoms with van der Waals surface area (Å²) in [6.45, 7) is 2.65. The van der Waals surface area contributed by atoms with Crippen molar-refractivity contribution < 1.29 is 9.53 Å². The van der Waals surface area contributed by atoms with E-state index in [1.54, 1.807) is 16.6 Å². The first-order valence-corrected chi connectivity index (χ1v) is 12.8. The maximum Gasteiger partial charge on any atom is 0.277 e. The number of aromatic nitrogens is 2. The number of amides is 1. The topological polar surface area (TPSA) is 67.7 Å². The molecule has 2 heterocycles. The van der Waals surface area contributed by atoms with E-state index in [2.05, 4.69) is 28.1 Å². The molecule has 3 aromatic carbocycles. The molecule has 0 atom stereocenters. The average Bonchev–Trinajstić information content (AvgIpc) is 3.47. The van der Waals surface area contributed by atoms with Crippen LogP contribution in [-0.4, -0.2) is 47.6 Å². The Kier molecular flexibility index (Phi) is 7.21. The lowest BCUT2D eigenvalue weighted by atomic mass is 10.1. The number of anilines is 1. The minimum Gasteiger partial charge on any atom is -0.497 e. The highest BCUT2D eigenvalue weighted by atomic mass is 16.5. The highest BCUT2D eigenvalue weighted by molar-refractivity contribution is 5.78. The van der Waals surface area contributed by atoms with Crippen molar-refractivity contribution in [2.75, 3.05) is 32.1 Å². The standard InChI is InChI=1S/C30H32N4O3/c1-32(21-22-9-3-5-11-27(22)33-19-7-8-20-33)29(35)18-17-26-30(36)34(23-13-15-24(37-2)16-14-23)28-12-6-4-10-25(28)31-26/h3-6,9-16H,7-8,17-21H2,1-2H3. The van der Waals surface area contributed by atoms with Gasteiger partial charge >= 0.3 is 0 Å². The Morgan fingerprint density at radius 3 is 2.43 bits per heavy atom. The van der Waals surface area contributed by atoms with E-state index < -0.39 is 0 Å². The van der Waals surface area contributed by atoms with Crippen molar-refractivity contribution in [3.05, 3.63) is 94.4 Å². The zero-order valence-electron chi connectivity index (χ0n) is 21.4. The van der Waals surface area contributed by atoms with Gasteiger partial charge in [-0.1, -0.05) is 30.3 Å². The first-order chi connectivity index (χ1) is 18.0. The average molecular weight is 497 g/mol. The molecule has 0 spiro atoms. The van der Waals surface area contributed by atoms with Crippen LogP contribution in [0, 0.1) is 0 Å². The zero-order valence-corrected chi connectivity index (χ0v) is 21.4. The Hall–Kier alpha value is -4.13. The van der Waals surface area contributed by atoms with Crippen molar-refractivity contribution in [1.29, 1.82) is 0 Å². The van der Waals surface area contributed by atoms with E-state index in [-0.39, 0.29) is 24.3 Å². The summed E-state index contributed by atoms with van der Waals surface area (Å²) >= 11 is 0. The predicted molar refractivity (Wildman–Crippen MR) is 147 cm³/mol. The summed E-state index contributed by atoms with van der Waals surface area (Å²) in [6, 6.07) is 23.2. The third-order valence-electron chi connectivity index (χ3n) is 7.01. The third-order valence-corrected chi connectivity index (χ3v) is 7.01. The Labute approximate surface area is 216 Å². The number of rotatable bonds is 8. The number of hydrogen-bond acceptors (Lipinski definition) is 5. The van der Waals surface area contributed by atoms with Gasteiger partial charge in [0.05, 0.1) is 18.1 Å². The molecule has 0 saturated carbocycles. The summed E-state index contributed by atoms with van der Waals surface area (Å²) in [4.78, 5) is 35.4. The molecule has 1 saturated heterocycles. The van der Waals surface area contributed by atoms with Gasteiger partial charge in [-0.15, -0.1) is 0 Å². The number of ether oxygens (including phenoxy) is 1. The van der Waals surface area contributed by atoms with Crippen LogP contribution >= 0.6 is 0 Å². The largest absolute Gasteiger partial charge is 0.497 e. The number of benzene rings is 3. The van der Waals surface area contributed by atoms with Gasteiger partial charge < -0.3 is 14.5 Å². The highest BCUT2D eigenvalue weighted by Crippen LogP contribution is 2.25. The van der Waals surface area contributed by atoms with E-state index >= 15 is 0 Å². The molecule has 1 aliphatic rings. The fourth-order valence-electron chi connectivity index (χ4n) is 5.00. The number of hydrogen-bond donors (Lipinski definition) is 0. The van der Waals surface area contributed by atoms with E-state index in [1.807, 2.05) is 61.6 Å². The maximum atomic E-state index is 13.5. The molecule has 1 aliphatic heterocycles. The molecular formula is C30H32N4O3. The van der Waals surface area contributed by atoms with Gasteiger partial charge in [-0.3, -0.25) is 14.2 Å². The van der Waals surface area contributed by atoms with Crippen molar-refractivity contribution in [1.82, 2.24) is 14.5 Å². The lowest BCUT2D eigenvalue weighted by Gasteiger charge is -2.24. The van der Waals surface area contributed by atoms with E-state index in [0.29, 0.717) is 17.8 Å². The molecule has 7 heteroatoms. The van der Waals surface area contributed by atoms with Crippen LogP contribution in [0.15, 0.2) is 77.6 Å². The van der Waals surface area contributed by atoms with Gasteiger partial charge in [0, 0.05) is 50.9 Å². The number of nitrogens with zero attached hydrogens (tertiary/aromatic N) is 4. The first kappa shape index (κ1) is 24.6. The molecule has 37 heavy (non-hydrogen) atoms. The molecule has 1 aromatic heterocycles. The van der Waals surface area contributed by atoms with Gasteiger partial charge in [0.25, 0.3) is 5.56 Å². The van der Waals surface area contributed by atoms with Gasteiger partial charge in [0.2, 0.25) is 5.91 Å². The third kappa shape index (κ3) is 5.21. The van der Waals surface area contributed by atoms with Gasteiger partial charge in [0.1, 0.15) is 11.4 Å². The molecule has 1 fully saturated rings. The second kappa shape index (κ2) is 10.9. The molecule has 7 nitrogen and oxygen atoms in total. The highest BCUT2D eigenvalue weighted by Gasteiger charge is 2.19. The van der Waals surface area contributed by atoms with Gasteiger partial charge in [-0.2, -0.15) is 0 Å². The molecule has 4 aromatic rings. The van der Waals surface area contributed by atoms with Crippen LogP contribution < -0.4 is 15.2 Å². The second-order valence-electron chi connectivity index (χ2n) is 9.46. The van der Waals surface area contributed by atoms with Crippen LogP contribution in [-0.2, 0) is 17.8 Å². The Bertz CT molecular complexity index is 1460. The van der Waals surface area contributed by atoms with Crippen LogP contribution in [0.3, 0.4) is 0 Å². The van der Waals surface area contributed by atoms with Crippen molar-refractivity contribution in [3.63, 3.8) is 0 Å². The molecule has 1 amide bonds. The Morgan fingerprint density at radius 2 is 1.68 bits per heavy atom. The number of fused-ring (bicyclic) bond motifs is 1. The fourth-order valence-corrected chi connectivity index (χ4v) is 5.00. The lowest BCUT2D eigenvalue weighted by molar-refractivity contribution is -0.130. The number of para-hydroxylation sites is 3. The van der Waals surface area contributed by atoms with E-state index in [4.69, 9.17) is 4.74 Å². The Morgan fingerprint density at radius 1 is 0.973 bits per heavy atom. The summed E-state index contributed by atoms with van der Waals surface area (Å²) < 4.78 is 6.93. The number of aryl methyl sites for hydroxylation is 1. The minimum absolute atomic E-state index is 0.0124. The van der Waals surface area contributed by atoms with Gasteiger partial charge in [0.15, 0.2) is 0 Å². The molecule has 0 bridgehead atoms. The zero-order chi connectivity index (χ0) is 25.8. The summed E-state index contributed by atoms with van der Waals surface area (Å²) in [5, 5.41) is 0. The van der Waals surface area contributed by atoms with Gasteiger partial charge in [-0.25, -0.2) is 4.98 Å². The summed E-state index contributed by atoms with van der Waals surface area (Å²) in [5.41, 5.74) is 4.70. The quantitative estimate of drug-likeness (QED) is 0.357. The van der Waals surface area contributed by atoms with Crippen LogP contribution in [0.4, 0.5) is 5.69 Å². The molecule has 0 N–H and O–H groups in total. The smallest absolute Gasteiger partial charge is 0.277 e. The van der Waals surface area contributed by atoms with E-state index in [1.165, 1.54) is 18.5 Å². The maximum absolute atomic E-state index is 13.5. The van der Waals surface area contributed by atoms with Crippen molar-refractivity contribution in [2.45, 2.75) is 32.2 Å². The molecule has 0 unspecified atom stereocenters. The number of carbonyl (C=O) groups is 1. The van der Waals surface area contributed by atoms with E-state index in [9.17, 15) is 9.59 Å². The van der Waals surface area contributed by atoms with Crippen molar-refractivity contribution in [2.24, 2.45) is 0 Å². The predicted octanol–water partition coefficient (Wildman–Crippen LogP) is 4.59. The lowest BCUT2D eigenvalue weighted by Crippen LogP contribution is -2.30. The summed E-state index contributed by atoms with van der Waals surface area (Å²) in [6.07, 6.45) is 2.90. The van der Waals surface area contributed by atoms with Gasteiger partial charge in [-0.05, 0) is 60.9 Å². The second-order valence-corrected chi connectivity index (χ2v) is 9.46. The van der Waals surface area contributed by atoms with Crippen LogP contribution in [0.25, 0.3) is 16.7 Å². The molecule has 190 valence electrons. The normalized spacial score (nSPS) is 13.2. The minimum atomic E-state index is -0.210. The monoisotopic (exact) mass is 496 g/mol. The molecule has 0 aliphatic carbocycles.